The summed E-state index contributed by atoms with van der Waals surface area (Å²) < 4.78 is 15.2. The highest BCUT2D eigenvalue weighted by Gasteiger charge is 2.14. The van der Waals surface area contributed by atoms with Crippen LogP contribution in [0.3, 0.4) is 0 Å². The van der Waals surface area contributed by atoms with Gasteiger partial charge in [0.1, 0.15) is 0 Å². The van der Waals surface area contributed by atoms with Gasteiger partial charge in [0.15, 0.2) is 17.3 Å². The number of carbonyl (C=O) groups is 1. The molecule has 0 aromatic heterocycles. The highest BCUT2D eigenvalue weighted by Crippen LogP contribution is 2.28. The van der Waals surface area contributed by atoms with Crippen molar-refractivity contribution in [2.24, 2.45) is 5.73 Å². The van der Waals surface area contributed by atoms with Crippen molar-refractivity contribution in [3.63, 3.8) is 0 Å². The maximum Gasteiger partial charge on any atom is 0.164 e. The van der Waals surface area contributed by atoms with Crippen LogP contribution in [0.5, 0.6) is 11.5 Å². The fourth-order valence-corrected chi connectivity index (χ4v) is 1.74. The van der Waals surface area contributed by atoms with Crippen LogP contribution in [0.1, 0.15) is 23.2 Å². The van der Waals surface area contributed by atoms with Gasteiger partial charge in [-0.1, -0.05) is 0 Å². The van der Waals surface area contributed by atoms with Crippen molar-refractivity contribution in [2.45, 2.75) is 18.9 Å². The van der Waals surface area contributed by atoms with E-state index in [0.717, 1.165) is 0 Å². The number of hydrogen-bond acceptors (Lipinski definition) is 5. The number of rotatable bonds is 8. The second kappa shape index (κ2) is 7.76. The van der Waals surface area contributed by atoms with Gasteiger partial charge in [-0.15, -0.1) is 0 Å². The van der Waals surface area contributed by atoms with Gasteiger partial charge in [0.2, 0.25) is 0 Å². The standard InChI is InChI=1S/C14H21NO4/c1-17-7-6-11(15)9-12(16)10-4-5-13(18-2)14(8-10)19-3/h4-5,8,11H,6-7,9,15H2,1-3H3. The maximum atomic E-state index is 12.1. The zero-order valence-corrected chi connectivity index (χ0v) is 11.6. The summed E-state index contributed by atoms with van der Waals surface area (Å²) in [6.07, 6.45) is 0.953. The molecule has 0 bridgehead atoms. The molecule has 106 valence electrons. The number of ether oxygens (including phenoxy) is 3. The van der Waals surface area contributed by atoms with Crippen LogP contribution in [0.2, 0.25) is 0 Å². The molecule has 1 aromatic rings. The number of benzene rings is 1. The fraction of sp³-hybridized carbons (Fsp3) is 0.500. The molecule has 0 saturated heterocycles. The van der Waals surface area contributed by atoms with Crippen molar-refractivity contribution >= 4 is 5.78 Å². The molecule has 1 unspecified atom stereocenters. The Morgan fingerprint density at radius 1 is 1.21 bits per heavy atom. The first-order valence-corrected chi connectivity index (χ1v) is 6.12. The number of hydrogen-bond donors (Lipinski definition) is 1. The normalized spacial score (nSPS) is 12.0. The van der Waals surface area contributed by atoms with E-state index in [2.05, 4.69) is 0 Å². The van der Waals surface area contributed by atoms with Crippen molar-refractivity contribution in [3.8, 4) is 11.5 Å². The van der Waals surface area contributed by atoms with Gasteiger partial charge in [-0.25, -0.2) is 0 Å². The van der Waals surface area contributed by atoms with Crippen molar-refractivity contribution < 1.29 is 19.0 Å². The summed E-state index contributed by atoms with van der Waals surface area (Å²) in [6, 6.07) is 4.91. The van der Waals surface area contributed by atoms with Crippen LogP contribution in [-0.4, -0.2) is 39.8 Å². The molecule has 2 N–H and O–H groups in total. The van der Waals surface area contributed by atoms with E-state index in [4.69, 9.17) is 19.9 Å². The lowest BCUT2D eigenvalue weighted by molar-refractivity contribution is 0.0966. The van der Waals surface area contributed by atoms with Crippen molar-refractivity contribution in [1.29, 1.82) is 0 Å². The van der Waals surface area contributed by atoms with Gasteiger partial charge in [0.25, 0.3) is 0 Å². The lowest BCUT2D eigenvalue weighted by Crippen LogP contribution is -2.25. The van der Waals surface area contributed by atoms with Gasteiger partial charge in [0.05, 0.1) is 14.2 Å². The van der Waals surface area contributed by atoms with Crippen LogP contribution in [0.4, 0.5) is 0 Å². The lowest BCUT2D eigenvalue weighted by Gasteiger charge is -2.12. The van der Waals surface area contributed by atoms with E-state index in [9.17, 15) is 4.79 Å². The number of Topliss-reactive ketones (excluding diaryl/α,β-unsaturated/α-hetero) is 1. The summed E-state index contributed by atoms with van der Waals surface area (Å²) in [7, 11) is 4.71. The predicted molar refractivity (Wildman–Crippen MR) is 73.0 cm³/mol. The third-order valence-corrected chi connectivity index (χ3v) is 2.85. The third-order valence-electron chi connectivity index (χ3n) is 2.85. The largest absolute Gasteiger partial charge is 0.493 e. The maximum absolute atomic E-state index is 12.1. The molecular formula is C14H21NO4. The second-order valence-corrected chi connectivity index (χ2v) is 4.24. The SMILES string of the molecule is COCCC(N)CC(=O)c1ccc(OC)c(OC)c1. The molecule has 0 spiro atoms. The van der Waals surface area contributed by atoms with E-state index >= 15 is 0 Å². The summed E-state index contributed by atoms with van der Waals surface area (Å²) in [5.41, 5.74) is 6.44. The molecule has 1 rings (SSSR count). The van der Waals surface area contributed by atoms with Crippen LogP contribution in [-0.2, 0) is 4.74 Å². The van der Waals surface area contributed by atoms with E-state index in [0.29, 0.717) is 36.5 Å². The summed E-state index contributed by atoms with van der Waals surface area (Å²) in [5.74, 6) is 1.13. The molecule has 0 saturated carbocycles. The fourth-order valence-electron chi connectivity index (χ4n) is 1.74. The molecule has 1 aromatic carbocycles. The van der Waals surface area contributed by atoms with Crippen LogP contribution in [0.25, 0.3) is 0 Å². The highest BCUT2D eigenvalue weighted by molar-refractivity contribution is 5.97. The van der Waals surface area contributed by atoms with E-state index < -0.39 is 0 Å². The number of ketones is 1. The number of methoxy groups -OCH3 is 3. The summed E-state index contributed by atoms with van der Waals surface area (Å²) in [5, 5.41) is 0. The molecule has 0 fully saturated rings. The van der Waals surface area contributed by atoms with Crippen molar-refractivity contribution in [1.82, 2.24) is 0 Å². The zero-order valence-electron chi connectivity index (χ0n) is 11.6. The monoisotopic (exact) mass is 267 g/mol. The molecule has 0 radical (unpaired) electrons. The summed E-state index contributed by atoms with van der Waals surface area (Å²) in [6.45, 7) is 0.556. The quantitative estimate of drug-likeness (QED) is 0.725. The molecule has 19 heavy (non-hydrogen) atoms. The van der Waals surface area contributed by atoms with Gasteiger partial charge < -0.3 is 19.9 Å². The van der Waals surface area contributed by atoms with Crippen molar-refractivity contribution in [3.05, 3.63) is 23.8 Å². The van der Waals surface area contributed by atoms with Gasteiger partial charge in [-0.3, -0.25) is 4.79 Å². The van der Waals surface area contributed by atoms with E-state index in [-0.39, 0.29) is 11.8 Å². The van der Waals surface area contributed by atoms with Crippen LogP contribution < -0.4 is 15.2 Å². The smallest absolute Gasteiger partial charge is 0.164 e. The van der Waals surface area contributed by atoms with Crippen LogP contribution in [0.15, 0.2) is 18.2 Å². The Balaban J connectivity index is 2.71. The first kappa shape index (κ1) is 15.5. The zero-order chi connectivity index (χ0) is 14.3. The molecule has 5 nitrogen and oxygen atoms in total. The minimum Gasteiger partial charge on any atom is -0.493 e. The summed E-state index contributed by atoms with van der Waals surface area (Å²) >= 11 is 0. The van der Waals surface area contributed by atoms with Crippen molar-refractivity contribution in [2.75, 3.05) is 27.9 Å². The van der Waals surface area contributed by atoms with E-state index in [1.54, 1.807) is 32.4 Å². The minimum atomic E-state index is -0.194. The van der Waals surface area contributed by atoms with E-state index in [1.165, 1.54) is 7.11 Å². The first-order valence-electron chi connectivity index (χ1n) is 6.12. The average Bonchev–Trinajstić information content (AvgIpc) is 2.44. The Hall–Kier alpha value is -1.59. The molecule has 0 aliphatic heterocycles. The molecule has 5 heteroatoms. The molecule has 0 heterocycles. The third kappa shape index (κ3) is 4.54. The Morgan fingerprint density at radius 2 is 1.89 bits per heavy atom. The lowest BCUT2D eigenvalue weighted by atomic mass is 10.0. The van der Waals surface area contributed by atoms with Gasteiger partial charge in [-0.05, 0) is 24.6 Å². The Morgan fingerprint density at radius 3 is 2.47 bits per heavy atom. The number of carbonyl (C=O) groups excluding carboxylic acids is 1. The topological polar surface area (TPSA) is 70.8 Å². The minimum absolute atomic E-state index is 0.00967. The molecule has 0 aliphatic carbocycles. The Bertz CT molecular complexity index is 420. The first-order chi connectivity index (χ1) is 9.12. The Labute approximate surface area is 113 Å². The molecular weight excluding hydrogens is 246 g/mol. The summed E-state index contributed by atoms with van der Waals surface area (Å²) in [4.78, 5) is 12.1. The van der Waals surface area contributed by atoms with Crippen LogP contribution in [0, 0.1) is 0 Å². The molecule has 1 atom stereocenters. The molecule has 0 amide bonds. The van der Waals surface area contributed by atoms with Gasteiger partial charge >= 0.3 is 0 Å². The predicted octanol–water partition coefficient (Wildman–Crippen LogP) is 1.64. The molecule has 0 aliphatic rings. The van der Waals surface area contributed by atoms with E-state index in [1.807, 2.05) is 0 Å². The number of nitrogens with two attached hydrogens (primary N) is 1. The second-order valence-electron chi connectivity index (χ2n) is 4.24. The van der Waals surface area contributed by atoms with Gasteiger partial charge in [-0.2, -0.15) is 0 Å². The average molecular weight is 267 g/mol. The highest BCUT2D eigenvalue weighted by atomic mass is 16.5. The van der Waals surface area contributed by atoms with Gasteiger partial charge in [0, 0.05) is 31.7 Å². The Kier molecular flexibility index (Phi) is 6.32. The van der Waals surface area contributed by atoms with Crippen LogP contribution >= 0.6 is 0 Å².